The van der Waals surface area contributed by atoms with Crippen LogP contribution in [0.2, 0.25) is 0 Å². The summed E-state index contributed by atoms with van der Waals surface area (Å²) in [7, 11) is 0. The maximum Gasteiger partial charge on any atom is 0.272 e. The van der Waals surface area contributed by atoms with Crippen LogP contribution in [0.1, 0.15) is 10.5 Å². The van der Waals surface area contributed by atoms with Crippen molar-refractivity contribution in [3.05, 3.63) is 59.3 Å². The predicted molar refractivity (Wildman–Crippen MR) is 78.4 cm³/mol. The first-order valence-electron chi connectivity index (χ1n) is 5.86. The van der Waals surface area contributed by atoms with Crippen molar-refractivity contribution in [2.45, 2.75) is 0 Å². The average molecular weight is 332 g/mol. The summed E-state index contributed by atoms with van der Waals surface area (Å²) in [4.78, 5) is 18.8. The van der Waals surface area contributed by atoms with E-state index in [0.717, 1.165) is 10.0 Å². The second kappa shape index (κ2) is 5.34. The van der Waals surface area contributed by atoms with Crippen LogP contribution in [0.3, 0.4) is 0 Å². The van der Waals surface area contributed by atoms with Crippen molar-refractivity contribution in [2.75, 3.05) is 5.32 Å². The van der Waals surface area contributed by atoms with Crippen molar-refractivity contribution >= 4 is 27.5 Å². The Morgan fingerprint density at radius 2 is 2.25 bits per heavy atom. The van der Waals surface area contributed by atoms with E-state index in [0.29, 0.717) is 17.1 Å². The number of aromatic nitrogens is 2. The molecule has 0 spiro atoms. The number of aromatic amines is 1. The number of halogens is 1. The molecule has 3 aromatic rings. The fourth-order valence-corrected chi connectivity index (χ4v) is 2.15. The Hall–Kier alpha value is -2.34. The van der Waals surface area contributed by atoms with E-state index in [1.165, 1.54) is 6.39 Å². The van der Waals surface area contributed by atoms with Crippen LogP contribution in [0.15, 0.2) is 58.0 Å². The van der Waals surface area contributed by atoms with E-state index in [2.05, 4.69) is 31.2 Å². The highest BCUT2D eigenvalue weighted by Crippen LogP contribution is 2.22. The number of rotatable bonds is 3. The molecule has 1 aromatic carbocycles. The molecule has 0 aliphatic rings. The summed E-state index contributed by atoms with van der Waals surface area (Å²) in [5.41, 5.74) is 2.03. The van der Waals surface area contributed by atoms with Gasteiger partial charge in [0, 0.05) is 21.9 Å². The number of carbonyl (C=O) groups excluding carboxylic acids is 1. The molecular weight excluding hydrogens is 322 g/mol. The molecule has 6 heteroatoms. The summed E-state index contributed by atoms with van der Waals surface area (Å²) in [5.74, 6) is 0.453. The molecule has 0 atom stereocenters. The van der Waals surface area contributed by atoms with Gasteiger partial charge in [0.1, 0.15) is 5.69 Å². The Bertz CT molecular complexity index is 734. The van der Waals surface area contributed by atoms with E-state index in [4.69, 9.17) is 4.42 Å². The zero-order valence-electron chi connectivity index (χ0n) is 10.3. The lowest BCUT2D eigenvalue weighted by Crippen LogP contribution is -2.12. The van der Waals surface area contributed by atoms with Crippen LogP contribution in [-0.4, -0.2) is 15.9 Å². The van der Waals surface area contributed by atoms with Crippen LogP contribution < -0.4 is 5.32 Å². The molecule has 0 unspecified atom stereocenters. The fraction of sp³-hybridized carbons (Fsp3) is 0. The molecule has 3 rings (SSSR count). The lowest BCUT2D eigenvalue weighted by atomic mass is 10.1. The van der Waals surface area contributed by atoms with Crippen molar-refractivity contribution in [1.29, 1.82) is 0 Å². The number of anilines is 1. The van der Waals surface area contributed by atoms with Crippen LogP contribution >= 0.6 is 15.9 Å². The largest absolute Gasteiger partial charge is 0.444 e. The minimum absolute atomic E-state index is 0.203. The van der Waals surface area contributed by atoms with E-state index in [9.17, 15) is 4.79 Å². The fourth-order valence-electron chi connectivity index (χ4n) is 1.81. The minimum Gasteiger partial charge on any atom is -0.444 e. The second-order valence-corrected chi connectivity index (χ2v) is 5.05. The van der Waals surface area contributed by atoms with Gasteiger partial charge in [-0.15, -0.1) is 0 Å². The molecule has 0 saturated heterocycles. The maximum atomic E-state index is 12.0. The second-order valence-electron chi connectivity index (χ2n) is 4.13. The Labute approximate surface area is 123 Å². The SMILES string of the molecule is O=C(Nc1cccc(-c2cnco2)c1)c1cc(Br)c[nH]1. The van der Waals surface area contributed by atoms with Crippen LogP contribution in [-0.2, 0) is 0 Å². The quantitative estimate of drug-likeness (QED) is 0.768. The average Bonchev–Trinajstić information content (AvgIpc) is 3.10. The smallest absolute Gasteiger partial charge is 0.272 e. The summed E-state index contributed by atoms with van der Waals surface area (Å²) in [5, 5.41) is 2.82. The molecule has 2 N–H and O–H groups in total. The van der Waals surface area contributed by atoms with Crippen LogP contribution in [0.5, 0.6) is 0 Å². The summed E-state index contributed by atoms with van der Waals surface area (Å²) in [6.07, 6.45) is 4.71. The number of oxazole rings is 1. The first-order chi connectivity index (χ1) is 9.72. The zero-order valence-corrected chi connectivity index (χ0v) is 11.8. The van der Waals surface area contributed by atoms with Gasteiger partial charge in [-0.05, 0) is 34.1 Å². The van der Waals surface area contributed by atoms with Gasteiger partial charge in [0.25, 0.3) is 5.91 Å². The normalized spacial score (nSPS) is 10.4. The summed E-state index contributed by atoms with van der Waals surface area (Å²) < 4.78 is 6.06. The Kier molecular flexibility index (Phi) is 3.39. The highest BCUT2D eigenvalue weighted by Gasteiger charge is 2.09. The number of hydrogen-bond donors (Lipinski definition) is 2. The molecule has 0 bridgehead atoms. The molecule has 2 heterocycles. The third kappa shape index (κ3) is 2.65. The van der Waals surface area contributed by atoms with Gasteiger partial charge in [-0.25, -0.2) is 4.98 Å². The molecule has 1 amide bonds. The molecule has 100 valence electrons. The summed E-state index contributed by atoms with van der Waals surface area (Å²) >= 11 is 3.29. The first-order valence-corrected chi connectivity index (χ1v) is 6.66. The molecule has 0 aliphatic carbocycles. The van der Waals surface area contributed by atoms with Crippen molar-refractivity contribution in [2.24, 2.45) is 0 Å². The molecule has 0 fully saturated rings. The number of benzene rings is 1. The van der Waals surface area contributed by atoms with Crippen LogP contribution in [0, 0.1) is 0 Å². The summed E-state index contributed by atoms with van der Waals surface area (Å²) in [6.45, 7) is 0. The zero-order chi connectivity index (χ0) is 13.9. The monoisotopic (exact) mass is 331 g/mol. The number of hydrogen-bond acceptors (Lipinski definition) is 3. The van der Waals surface area contributed by atoms with Gasteiger partial charge in [0.2, 0.25) is 0 Å². The third-order valence-corrected chi connectivity index (χ3v) is 3.19. The molecule has 2 aromatic heterocycles. The lowest BCUT2D eigenvalue weighted by molar-refractivity contribution is 0.102. The van der Waals surface area contributed by atoms with Gasteiger partial charge in [-0.3, -0.25) is 4.79 Å². The molecule has 0 saturated carbocycles. The van der Waals surface area contributed by atoms with Gasteiger partial charge in [-0.2, -0.15) is 0 Å². The van der Waals surface area contributed by atoms with E-state index in [-0.39, 0.29) is 5.91 Å². The standard InChI is InChI=1S/C14H10BrN3O2/c15-10-5-12(17-6-10)14(19)18-11-3-1-2-9(4-11)13-7-16-8-20-13/h1-8,17H,(H,18,19). The number of H-pyrrole nitrogens is 1. The Morgan fingerprint density at radius 1 is 1.35 bits per heavy atom. The van der Waals surface area contributed by atoms with E-state index >= 15 is 0 Å². The van der Waals surface area contributed by atoms with Gasteiger partial charge in [-0.1, -0.05) is 12.1 Å². The maximum absolute atomic E-state index is 12.0. The van der Waals surface area contributed by atoms with E-state index in [1.54, 1.807) is 18.5 Å². The molecule has 5 nitrogen and oxygen atoms in total. The minimum atomic E-state index is -0.203. The molecule has 0 radical (unpaired) electrons. The third-order valence-electron chi connectivity index (χ3n) is 2.73. The number of amides is 1. The Balaban J connectivity index is 1.81. The lowest BCUT2D eigenvalue weighted by Gasteiger charge is -2.05. The first kappa shape index (κ1) is 12.7. The van der Waals surface area contributed by atoms with Gasteiger partial charge in [0.05, 0.1) is 6.20 Å². The Morgan fingerprint density at radius 3 is 2.95 bits per heavy atom. The molecular formula is C14H10BrN3O2. The molecule has 0 aliphatic heterocycles. The van der Waals surface area contributed by atoms with Crippen LogP contribution in [0.4, 0.5) is 5.69 Å². The van der Waals surface area contributed by atoms with E-state index < -0.39 is 0 Å². The predicted octanol–water partition coefficient (Wildman–Crippen LogP) is 3.68. The van der Waals surface area contributed by atoms with Gasteiger partial charge >= 0.3 is 0 Å². The van der Waals surface area contributed by atoms with Crippen LogP contribution in [0.25, 0.3) is 11.3 Å². The highest BCUT2D eigenvalue weighted by atomic mass is 79.9. The van der Waals surface area contributed by atoms with Gasteiger partial charge in [0.15, 0.2) is 12.2 Å². The van der Waals surface area contributed by atoms with Crippen molar-refractivity contribution in [3.63, 3.8) is 0 Å². The highest BCUT2D eigenvalue weighted by molar-refractivity contribution is 9.10. The van der Waals surface area contributed by atoms with E-state index in [1.807, 2.05) is 24.3 Å². The summed E-state index contributed by atoms with van der Waals surface area (Å²) in [6, 6.07) is 9.10. The number of carbonyl (C=O) groups is 1. The number of nitrogens with zero attached hydrogens (tertiary/aromatic N) is 1. The number of nitrogens with one attached hydrogen (secondary N) is 2. The molecule has 20 heavy (non-hydrogen) atoms. The topological polar surface area (TPSA) is 70.9 Å². The van der Waals surface area contributed by atoms with Gasteiger partial charge < -0.3 is 14.7 Å². The van der Waals surface area contributed by atoms with Crippen molar-refractivity contribution < 1.29 is 9.21 Å². The van der Waals surface area contributed by atoms with Crippen molar-refractivity contribution in [1.82, 2.24) is 9.97 Å². The van der Waals surface area contributed by atoms with Crippen molar-refractivity contribution in [3.8, 4) is 11.3 Å².